The highest BCUT2D eigenvalue weighted by Crippen LogP contribution is 2.13. The van der Waals surface area contributed by atoms with Gasteiger partial charge >= 0.3 is 0 Å². The molecule has 1 N–H and O–H groups in total. The van der Waals surface area contributed by atoms with Crippen molar-refractivity contribution in [3.63, 3.8) is 0 Å². The smallest absolute Gasteiger partial charge is 0.0775 e. The number of hydrogen-bond donors (Lipinski definition) is 1. The number of nitrogens with one attached hydrogen (secondary N) is 1. The monoisotopic (exact) mass is 276 g/mol. The van der Waals surface area contributed by atoms with Crippen LogP contribution >= 0.6 is 0 Å². The van der Waals surface area contributed by atoms with Crippen LogP contribution in [0.25, 0.3) is 0 Å². The number of benzene rings is 1. The fourth-order valence-electron chi connectivity index (χ4n) is 2.79. The minimum atomic E-state index is -1.15. The van der Waals surface area contributed by atoms with Crippen LogP contribution in [-0.2, 0) is 6.54 Å². The van der Waals surface area contributed by atoms with E-state index in [0.717, 1.165) is 25.7 Å². The van der Waals surface area contributed by atoms with Crippen LogP contribution in [0.4, 0.5) is 0 Å². The predicted octanol–water partition coefficient (Wildman–Crippen LogP) is 2.42. The Morgan fingerprint density at radius 1 is 1.21 bits per heavy atom. The first kappa shape index (κ1) is 14.8. The minimum absolute atomic E-state index is 0.724. The molecule has 0 aliphatic carbocycles. The Morgan fingerprint density at radius 3 is 2.37 bits per heavy atom. The van der Waals surface area contributed by atoms with Crippen molar-refractivity contribution in [2.24, 2.45) is 0 Å². The van der Waals surface area contributed by atoms with E-state index < -0.39 is 8.07 Å². The fourth-order valence-corrected chi connectivity index (χ4v) is 3.96. The molecule has 0 bridgehead atoms. The van der Waals surface area contributed by atoms with Gasteiger partial charge in [-0.3, -0.25) is 4.90 Å². The Kier molecular flexibility index (Phi) is 4.82. The Labute approximate surface area is 119 Å². The molecule has 1 heterocycles. The largest absolute Gasteiger partial charge is 0.315 e. The van der Waals surface area contributed by atoms with Gasteiger partial charge in [0.25, 0.3) is 0 Å². The van der Waals surface area contributed by atoms with Gasteiger partial charge in [0, 0.05) is 19.1 Å². The lowest BCUT2D eigenvalue weighted by atomic mass is 10.1. The zero-order valence-corrected chi connectivity index (χ0v) is 13.9. The lowest BCUT2D eigenvalue weighted by molar-refractivity contribution is 0.210. The molecule has 19 heavy (non-hydrogen) atoms. The lowest BCUT2D eigenvalue weighted by Crippen LogP contribution is -2.38. The van der Waals surface area contributed by atoms with Crippen LogP contribution in [0.1, 0.15) is 18.9 Å². The molecule has 0 radical (unpaired) electrons. The van der Waals surface area contributed by atoms with E-state index in [9.17, 15) is 0 Å². The topological polar surface area (TPSA) is 15.3 Å². The Morgan fingerprint density at radius 2 is 1.89 bits per heavy atom. The Bertz CT molecular complexity index is 388. The molecule has 2 nitrogen and oxygen atoms in total. The van der Waals surface area contributed by atoms with Crippen molar-refractivity contribution < 1.29 is 0 Å². The van der Waals surface area contributed by atoms with Crippen molar-refractivity contribution in [1.29, 1.82) is 0 Å². The first-order chi connectivity index (χ1) is 9.00. The van der Waals surface area contributed by atoms with Crippen molar-refractivity contribution in [2.45, 2.75) is 45.6 Å². The molecule has 1 aromatic carbocycles. The molecule has 0 aromatic heterocycles. The van der Waals surface area contributed by atoms with Crippen molar-refractivity contribution in [1.82, 2.24) is 10.2 Å². The zero-order valence-electron chi connectivity index (χ0n) is 12.9. The standard InChI is InChI=1S/C16H28N2Si/c1-5-18(15-10-11-17-12-15)13-14-6-8-16(9-7-14)19(2,3)4/h6-9,15,17H,5,10-13H2,1-4H3. The maximum Gasteiger partial charge on any atom is 0.0775 e. The van der Waals surface area contributed by atoms with Gasteiger partial charge in [0.05, 0.1) is 8.07 Å². The molecule has 1 aliphatic rings. The third kappa shape index (κ3) is 3.91. The third-order valence-electron chi connectivity index (χ3n) is 4.16. The molecule has 0 saturated carbocycles. The van der Waals surface area contributed by atoms with Gasteiger partial charge in [-0.2, -0.15) is 0 Å². The fraction of sp³-hybridized carbons (Fsp3) is 0.625. The van der Waals surface area contributed by atoms with Gasteiger partial charge in [0.15, 0.2) is 0 Å². The van der Waals surface area contributed by atoms with Gasteiger partial charge < -0.3 is 5.32 Å². The van der Waals surface area contributed by atoms with E-state index in [2.05, 4.69) is 61.0 Å². The second kappa shape index (κ2) is 6.20. The predicted molar refractivity (Wildman–Crippen MR) is 86.8 cm³/mol. The molecule has 0 amide bonds. The van der Waals surface area contributed by atoms with Crippen LogP contribution in [0.2, 0.25) is 19.6 Å². The van der Waals surface area contributed by atoms with Gasteiger partial charge in [0.1, 0.15) is 0 Å². The molecule has 1 unspecified atom stereocenters. The van der Waals surface area contributed by atoms with Crippen molar-refractivity contribution in [3.8, 4) is 0 Å². The van der Waals surface area contributed by atoms with Crippen LogP contribution in [0, 0.1) is 0 Å². The second-order valence-electron chi connectivity index (χ2n) is 6.66. The minimum Gasteiger partial charge on any atom is -0.315 e. The van der Waals surface area contributed by atoms with E-state index >= 15 is 0 Å². The lowest BCUT2D eigenvalue weighted by Gasteiger charge is -2.27. The molecule has 106 valence electrons. The number of hydrogen-bond acceptors (Lipinski definition) is 2. The summed E-state index contributed by atoms with van der Waals surface area (Å²) in [5.74, 6) is 0. The Balaban J connectivity index is 2.01. The van der Waals surface area contributed by atoms with Gasteiger partial charge in [-0.25, -0.2) is 0 Å². The highest BCUT2D eigenvalue weighted by atomic mass is 28.3. The average molecular weight is 276 g/mol. The highest BCUT2D eigenvalue weighted by Gasteiger charge is 2.21. The Hall–Kier alpha value is -0.643. The average Bonchev–Trinajstić information content (AvgIpc) is 2.89. The van der Waals surface area contributed by atoms with Gasteiger partial charge in [-0.05, 0) is 25.1 Å². The van der Waals surface area contributed by atoms with Crippen LogP contribution < -0.4 is 10.5 Å². The SMILES string of the molecule is CCN(Cc1ccc([Si](C)(C)C)cc1)C1CCNC1. The summed E-state index contributed by atoms with van der Waals surface area (Å²) in [6, 6.07) is 10.1. The molecular formula is C16H28N2Si. The van der Waals surface area contributed by atoms with Gasteiger partial charge in [-0.15, -0.1) is 0 Å². The van der Waals surface area contributed by atoms with E-state index in [1.165, 1.54) is 18.5 Å². The van der Waals surface area contributed by atoms with E-state index in [1.807, 2.05) is 0 Å². The molecule has 2 rings (SSSR count). The van der Waals surface area contributed by atoms with E-state index in [0.29, 0.717) is 0 Å². The summed E-state index contributed by atoms with van der Waals surface area (Å²) in [6.07, 6.45) is 1.29. The first-order valence-corrected chi connectivity index (χ1v) is 11.0. The highest BCUT2D eigenvalue weighted by molar-refractivity contribution is 6.88. The maximum absolute atomic E-state index is 3.47. The normalized spacial score (nSPS) is 20.2. The van der Waals surface area contributed by atoms with Crippen LogP contribution in [0.5, 0.6) is 0 Å². The summed E-state index contributed by atoms with van der Waals surface area (Å²) in [6.45, 7) is 14.1. The molecule has 1 saturated heterocycles. The van der Waals surface area contributed by atoms with E-state index in [1.54, 1.807) is 5.19 Å². The molecule has 1 fully saturated rings. The molecule has 0 spiro atoms. The summed E-state index contributed by atoms with van der Waals surface area (Å²) in [5.41, 5.74) is 1.45. The summed E-state index contributed by atoms with van der Waals surface area (Å²) in [7, 11) is -1.15. The molecule has 1 aromatic rings. The van der Waals surface area contributed by atoms with Crippen LogP contribution in [-0.4, -0.2) is 38.6 Å². The van der Waals surface area contributed by atoms with Crippen molar-refractivity contribution in [2.75, 3.05) is 19.6 Å². The molecule has 1 aliphatic heterocycles. The molecule has 3 heteroatoms. The number of likely N-dealkylation sites (N-methyl/N-ethyl adjacent to an activating group) is 1. The summed E-state index contributed by atoms with van der Waals surface area (Å²) in [5, 5.41) is 5.02. The zero-order chi connectivity index (χ0) is 13.9. The third-order valence-corrected chi connectivity index (χ3v) is 6.23. The second-order valence-corrected chi connectivity index (χ2v) is 11.7. The van der Waals surface area contributed by atoms with E-state index in [4.69, 9.17) is 0 Å². The van der Waals surface area contributed by atoms with Crippen molar-refractivity contribution >= 4 is 13.3 Å². The van der Waals surface area contributed by atoms with Crippen LogP contribution in [0.3, 0.4) is 0 Å². The summed E-state index contributed by atoms with van der Waals surface area (Å²) < 4.78 is 0. The molecular weight excluding hydrogens is 248 g/mol. The number of rotatable bonds is 5. The summed E-state index contributed by atoms with van der Waals surface area (Å²) >= 11 is 0. The first-order valence-electron chi connectivity index (χ1n) is 7.55. The van der Waals surface area contributed by atoms with Crippen molar-refractivity contribution in [3.05, 3.63) is 29.8 Å². The summed E-state index contributed by atoms with van der Waals surface area (Å²) in [4.78, 5) is 2.60. The van der Waals surface area contributed by atoms with Gasteiger partial charge in [0.2, 0.25) is 0 Å². The quantitative estimate of drug-likeness (QED) is 0.831. The van der Waals surface area contributed by atoms with Gasteiger partial charge in [-0.1, -0.05) is 56.0 Å². The van der Waals surface area contributed by atoms with Crippen LogP contribution in [0.15, 0.2) is 24.3 Å². The molecule has 1 atom stereocenters. The van der Waals surface area contributed by atoms with E-state index in [-0.39, 0.29) is 0 Å². The maximum atomic E-state index is 3.47. The number of nitrogens with zero attached hydrogens (tertiary/aromatic N) is 1.